The van der Waals surface area contributed by atoms with Crippen molar-refractivity contribution >= 4 is 0 Å². The second kappa shape index (κ2) is 4.75. The average molecular weight is 205 g/mol. The Morgan fingerprint density at radius 3 is 3.00 bits per heavy atom. The molecule has 1 fully saturated rings. The van der Waals surface area contributed by atoms with Crippen molar-refractivity contribution in [1.82, 2.24) is 4.98 Å². The van der Waals surface area contributed by atoms with Gasteiger partial charge in [0.2, 0.25) is 0 Å². The first-order valence-corrected chi connectivity index (χ1v) is 5.75. The Labute approximate surface area is 91.7 Å². The zero-order chi connectivity index (χ0) is 10.7. The van der Waals surface area contributed by atoms with Gasteiger partial charge in [-0.3, -0.25) is 4.98 Å². The third-order valence-electron chi connectivity index (χ3n) is 3.35. The smallest absolute Gasteiger partial charge is 0.0577 e. The first-order chi connectivity index (χ1) is 7.29. The number of rotatable bonds is 2. The van der Waals surface area contributed by atoms with Crippen molar-refractivity contribution in [2.75, 3.05) is 7.11 Å². The molecule has 2 atom stereocenters. The van der Waals surface area contributed by atoms with E-state index in [1.807, 2.05) is 13.3 Å². The second-order valence-corrected chi connectivity index (χ2v) is 4.45. The molecule has 0 amide bonds. The summed E-state index contributed by atoms with van der Waals surface area (Å²) in [5, 5.41) is 0. The standard InChI is InChI=1S/C13H19NO/c1-10-8-12(6-7-14-10)11-4-3-5-13(9-11)15-2/h6-8,11,13H,3-5,9H2,1-2H3. The molecular formula is C13H19NO. The molecule has 2 unspecified atom stereocenters. The second-order valence-electron chi connectivity index (χ2n) is 4.45. The molecule has 0 aliphatic heterocycles. The highest BCUT2D eigenvalue weighted by Gasteiger charge is 2.22. The van der Waals surface area contributed by atoms with Gasteiger partial charge in [0.05, 0.1) is 6.10 Å². The number of pyridine rings is 1. The normalized spacial score (nSPS) is 26.5. The van der Waals surface area contributed by atoms with Crippen LogP contribution in [0.1, 0.15) is 42.9 Å². The van der Waals surface area contributed by atoms with Gasteiger partial charge in [-0.15, -0.1) is 0 Å². The van der Waals surface area contributed by atoms with Crippen LogP contribution >= 0.6 is 0 Å². The van der Waals surface area contributed by atoms with Gasteiger partial charge >= 0.3 is 0 Å². The Hall–Kier alpha value is -0.890. The van der Waals surface area contributed by atoms with Gasteiger partial charge in [-0.05, 0) is 49.8 Å². The van der Waals surface area contributed by atoms with Crippen LogP contribution in [-0.2, 0) is 4.74 Å². The van der Waals surface area contributed by atoms with Gasteiger partial charge in [0.1, 0.15) is 0 Å². The minimum atomic E-state index is 0.456. The maximum Gasteiger partial charge on any atom is 0.0577 e. The lowest BCUT2D eigenvalue weighted by Crippen LogP contribution is -2.20. The van der Waals surface area contributed by atoms with E-state index in [0.717, 1.165) is 5.69 Å². The fraction of sp³-hybridized carbons (Fsp3) is 0.615. The summed E-state index contributed by atoms with van der Waals surface area (Å²) in [6.07, 6.45) is 7.34. The van der Waals surface area contributed by atoms with Crippen molar-refractivity contribution < 1.29 is 4.74 Å². The molecule has 0 saturated heterocycles. The van der Waals surface area contributed by atoms with Crippen molar-refractivity contribution in [2.24, 2.45) is 0 Å². The molecule has 0 spiro atoms. The van der Waals surface area contributed by atoms with Crippen LogP contribution < -0.4 is 0 Å². The topological polar surface area (TPSA) is 22.1 Å². The van der Waals surface area contributed by atoms with Gasteiger partial charge in [-0.1, -0.05) is 6.42 Å². The van der Waals surface area contributed by atoms with Crippen molar-refractivity contribution in [2.45, 2.75) is 44.6 Å². The summed E-state index contributed by atoms with van der Waals surface area (Å²) in [5.74, 6) is 0.672. The number of nitrogens with zero attached hydrogens (tertiary/aromatic N) is 1. The third-order valence-corrected chi connectivity index (χ3v) is 3.35. The summed E-state index contributed by atoms with van der Waals surface area (Å²) < 4.78 is 5.46. The summed E-state index contributed by atoms with van der Waals surface area (Å²) >= 11 is 0. The van der Waals surface area contributed by atoms with E-state index in [0.29, 0.717) is 12.0 Å². The van der Waals surface area contributed by atoms with Crippen molar-refractivity contribution in [3.63, 3.8) is 0 Å². The molecular weight excluding hydrogens is 186 g/mol. The van der Waals surface area contributed by atoms with Crippen LogP contribution in [0.2, 0.25) is 0 Å². The number of ether oxygens (including phenoxy) is 1. The van der Waals surface area contributed by atoms with Gasteiger partial charge in [0.25, 0.3) is 0 Å². The molecule has 0 N–H and O–H groups in total. The van der Waals surface area contributed by atoms with E-state index >= 15 is 0 Å². The van der Waals surface area contributed by atoms with Gasteiger partial charge in [0.15, 0.2) is 0 Å². The van der Waals surface area contributed by atoms with Gasteiger partial charge < -0.3 is 4.74 Å². The van der Waals surface area contributed by atoms with E-state index in [-0.39, 0.29) is 0 Å². The molecule has 2 heteroatoms. The molecule has 1 aliphatic rings. The Morgan fingerprint density at radius 2 is 2.27 bits per heavy atom. The third kappa shape index (κ3) is 2.57. The zero-order valence-corrected chi connectivity index (χ0v) is 9.57. The fourth-order valence-electron chi connectivity index (χ4n) is 2.48. The molecule has 0 bridgehead atoms. The largest absolute Gasteiger partial charge is 0.381 e. The van der Waals surface area contributed by atoms with Crippen molar-refractivity contribution in [1.29, 1.82) is 0 Å². The van der Waals surface area contributed by atoms with Gasteiger partial charge in [0, 0.05) is 19.0 Å². The number of aromatic nitrogens is 1. The maximum absolute atomic E-state index is 5.46. The summed E-state index contributed by atoms with van der Waals surface area (Å²) in [5.41, 5.74) is 2.55. The molecule has 2 rings (SSSR count). The molecule has 0 aromatic carbocycles. The molecule has 15 heavy (non-hydrogen) atoms. The first kappa shape index (κ1) is 10.6. The average Bonchev–Trinajstić information content (AvgIpc) is 2.29. The summed E-state index contributed by atoms with van der Waals surface area (Å²) in [6, 6.07) is 4.36. The Kier molecular flexibility index (Phi) is 3.37. The van der Waals surface area contributed by atoms with Crippen molar-refractivity contribution in [3.8, 4) is 0 Å². The number of hydrogen-bond donors (Lipinski definition) is 0. The monoisotopic (exact) mass is 205 g/mol. The Bertz CT molecular complexity index is 324. The molecule has 2 nitrogen and oxygen atoms in total. The van der Waals surface area contributed by atoms with Crippen LogP contribution in [0.4, 0.5) is 0 Å². The SMILES string of the molecule is COC1CCCC(c2ccnc(C)c2)C1. The molecule has 1 aromatic rings. The predicted molar refractivity (Wildman–Crippen MR) is 61.0 cm³/mol. The Balaban J connectivity index is 2.09. The quantitative estimate of drug-likeness (QED) is 0.740. The minimum Gasteiger partial charge on any atom is -0.381 e. The van der Waals surface area contributed by atoms with E-state index in [2.05, 4.69) is 24.0 Å². The van der Waals surface area contributed by atoms with Crippen LogP contribution in [0.15, 0.2) is 18.3 Å². The lowest BCUT2D eigenvalue weighted by Gasteiger charge is -2.28. The van der Waals surface area contributed by atoms with E-state index in [9.17, 15) is 0 Å². The van der Waals surface area contributed by atoms with Gasteiger partial charge in [-0.2, -0.15) is 0 Å². The molecule has 1 aromatic heterocycles. The molecule has 1 heterocycles. The fourth-order valence-corrected chi connectivity index (χ4v) is 2.48. The first-order valence-electron chi connectivity index (χ1n) is 5.75. The van der Waals surface area contributed by atoms with Crippen LogP contribution in [0.3, 0.4) is 0 Å². The van der Waals surface area contributed by atoms with Crippen LogP contribution in [-0.4, -0.2) is 18.2 Å². The highest BCUT2D eigenvalue weighted by Crippen LogP contribution is 2.33. The van der Waals surface area contributed by atoms with E-state index in [1.54, 1.807) is 0 Å². The van der Waals surface area contributed by atoms with E-state index < -0.39 is 0 Å². The van der Waals surface area contributed by atoms with E-state index in [1.165, 1.54) is 31.2 Å². The van der Waals surface area contributed by atoms with Crippen LogP contribution in [0, 0.1) is 6.92 Å². The molecule has 82 valence electrons. The van der Waals surface area contributed by atoms with Gasteiger partial charge in [-0.25, -0.2) is 0 Å². The summed E-state index contributed by atoms with van der Waals surface area (Å²) in [7, 11) is 1.82. The lowest BCUT2D eigenvalue weighted by atomic mass is 9.82. The Morgan fingerprint density at radius 1 is 1.40 bits per heavy atom. The minimum absolute atomic E-state index is 0.456. The molecule has 0 radical (unpaired) electrons. The highest BCUT2D eigenvalue weighted by atomic mass is 16.5. The zero-order valence-electron chi connectivity index (χ0n) is 9.57. The maximum atomic E-state index is 5.46. The molecule has 1 aliphatic carbocycles. The lowest BCUT2D eigenvalue weighted by molar-refractivity contribution is 0.0635. The summed E-state index contributed by atoms with van der Waals surface area (Å²) in [4.78, 5) is 4.24. The molecule has 1 saturated carbocycles. The van der Waals surface area contributed by atoms with Crippen LogP contribution in [0.5, 0.6) is 0 Å². The van der Waals surface area contributed by atoms with Crippen LogP contribution in [0.25, 0.3) is 0 Å². The van der Waals surface area contributed by atoms with E-state index in [4.69, 9.17) is 4.74 Å². The predicted octanol–water partition coefficient (Wildman–Crippen LogP) is 3.06. The number of methoxy groups -OCH3 is 1. The highest BCUT2D eigenvalue weighted by molar-refractivity contribution is 5.20. The summed E-state index contributed by atoms with van der Waals surface area (Å²) in [6.45, 7) is 2.06. The number of hydrogen-bond acceptors (Lipinski definition) is 2. The van der Waals surface area contributed by atoms with Crippen molar-refractivity contribution in [3.05, 3.63) is 29.6 Å². The number of aryl methyl sites for hydroxylation is 1.